The lowest BCUT2D eigenvalue weighted by atomic mass is 9.57. The van der Waals surface area contributed by atoms with E-state index < -0.39 is 17.8 Å². The lowest BCUT2D eigenvalue weighted by Gasteiger charge is -2.45. The highest BCUT2D eigenvalue weighted by atomic mass is 16.4. The zero-order valence-electron chi connectivity index (χ0n) is 14.4. The van der Waals surface area contributed by atoms with Gasteiger partial charge in [-0.05, 0) is 30.7 Å². The zero-order chi connectivity index (χ0) is 17.3. The average Bonchev–Trinajstić information content (AvgIpc) is 3.21. The summed E-state index contributed by atoms with van der Waals surface area (Å²) in [5, 5.41) is 16.8. The van der Waals surface area contributed by atoms with Crippen molar-refractivity contribution in [1.29, 1.82) is 0 Å². The van der Waals surface area contributed by atoms with E-state index in [1.165, 1.54) is 25.7 Å². The summed E-state index contributed by atoms with van der Waals surface area (Å²) in [6, 6.07) is 2.54. The molecule has 0 bridgehead atoms. The van der Waals surface area contributed by atoms with E-state index >= 15 is 0 Å². The SMILES string of the molecule is CC1C(C)[C@H](C(=O)NCCc2ccn(C3CCCC3)n2)[C@@H]1C(=O)O. The molecule has 132 valence electrons. The summed E-state index contributed by atoms with van der Waals surface area (Å²) in [5.74, 6) is -1.79. The molecule has 2 N–H and O–H groups in total. The first kappa shape index (κ1) is 17.0. The molecule has 1 amide bonds. The van der Waals surface area contributed by atoms with E-state index in [1.807, 2.05) is 26.1 Å². The largest absolute Gasteiger partial charge is 0.481 e. The van der Waals surface area contributed by atoms with Crippen LogP contribution >= 0.6 is 0 Å². The molecule has 1 heterocycles. The summed E-state index contributed by atoms with van der Waals surface area (Å²) in [6.07, 6.45) is 7.67. The van der Waals surface area contributed by atoms with Crippen LogP contribution in [0.5, 0.6) is 0 Å². The Labute approximate surface area is 142 Å². The van der Waals surface area contributed by atoms with Crippen LogP contribution in [-0.4, -0.2) is 33.3 Å². The van der Waals surface area contributed by atoms with Crippen molar-refractivity contribution >= 4 is 11.9 Å². The standard InChI is InChI=1S/C18H27N3O3/c1-11-12(2)16(18(23)24)15(11)17(22)19-9-7-13-8-10-21(20-13)14-5-3-4-6-14/h8,10-12,14-16H,3-7,9H2,1-2H3,(H,19,22)(H,23,24)/t11?,12?,15-,16+/m0/s1. The molecule has 0 radical (unpaired) electrons. The van der Waals surface area contributed by atoms with Gasteiger partial charge in [0.15, 0.2) is 0 Å². The van der Waals surface area contributed by atoms with Crippen molar-refractivity contribution in [1.82, 2.24) is 15.1 Å². The Hall–Kier alpha value is -1.85. The number of nitrogens with zero attached hydrogens (tertiary/aromatic N) is 2. The summed E-state index contributed by atoms with van der Waals surface area (Å²) >= 11 is 0. The fourth-order valence-electron chi connectivity index (χ4n) is 4.26. The van der Waals surface area contributed by atoms with Crippen LogP contribution in [0.3, 0.4) is 0 Å². The molecule has 1 aromatic heterocycles. The van der Waals surface area contributed by atoms with Crippen LogP contribution in [0.4, 0.5) is 0 Å². The molecule has 0 saturated heterocycles. The molecule has 3 rings (SSSR count). The Balaban J connectivity index is 1.48. The van der Waals surface area contributed by atoms with E-state index in [2.05, 4.69) is 15.1 Å². The Kier molecular flexibility index (Phi) is 4.92. The van der Waals surface area contributed by atoms with Crippen molar-refractivity contribution in [3.05, 3.63) is 18.0 Å². The third kappa shape index (κ3) is 3.19. The highest BCUT2D eigenvalue weighted by molar-refractivity contribution is 5.87. The molecule has 2 fully saturated rings. The molecular formula is C18H27N3O3. The maximum absolute atomic E-state index is 12.3. The van der Waals surface area contributed by atoms with Gasteiger partial charge in [0.2, 0.25) is 5.91 Å². The predicted octanol–water partition coefficient (Wildman–Crippen LogP) is 2.26. The number of amides is 1. The molecule has 4 atom stereocenters. The summed E-state index contributed by atoms with van der Waals surface area (Å²) in [6.45, 7) is 4.37. The predicted molar refractivity (Wildman–Crippen MR) is 89.4 cm³/mol. The van der Waals surface area contributed by atoms with Crippen molar-refractivity contribution in [3.63, 3.8) is 0 Å². The number of carboxylic acid groups (broad SMARTS) is 1. The van der Waals surface area contributed by atoms with Gasteiger partial charge in [0.05, 0.1) is 23.6 Å². The van der Waals surface area contributed by atoms with Gasteiger partial charge in [0, 0.05) is 19.2 Å². The van der Waals surface area contributed by atoms with Crippen molar-refractivity contribution in [3.8, 4) is 0 Å². The van der Waals surface area contributed by atoms with Crippen molar-refractivity contribution in [2.24, 2.45) is 23.7 Å². The molecule has 2 saturated carbocycles. The van der Waals surface area contributed by atoms with Gasteiger partial charge in [-0.1, -0.05) is 26.7 Å². The lowest BCUT2D eigenvalue weighted by Crippen LogP contribution is -2.55. The summed E-state index contributed by atoms with van der Waals surface area (Å²) in [7, 11) is 0. The van der Waals surface area contributed by atoms with Gasteiger partial charge in [0.25, 0.3) is 0 Å². The monoisotopic (exact) mass is 333 g/mol. The van der Waals surface area contributed by atoms with Crippen LogP contribution in [0, 0.1) is 23.7 Å². The molecule has 2 unspecified atom stereocenters. The maximum Gasteiger partial charge on any atom is 0.307 e. The van der Waals surface area contributed by atoms with Gasteiger partial charge in [0.1, 0.15) is 0 Å². The van der Waals surface area contributed by atoms with E-state index in [9.17, 15) is 14.7 Å². The van der Waals surface area contributed by atoms with Crippen LogP contribution in [-0.2, 0) is 16.0 Å². The zero-order valence-corrected chi connectivity index (χ0v) is 14.4. The number of carbonyl (C=O) groups excluding carboxylic acids is 1. The fraction of sp³-hybridized carbons (Fsp3) is 0.722. The third-order valence-corrected chi connectivity index (χ3v) is 5.98. The maximum atomic E-state index is 12.3. The van der Waals surface area contributed by atoms with E-state index in [4.69, 9.17) is 0 Å². The van der Waals surface area contributed by atoms with Crippen LogP contribution in [0.1, 0.15) is 51.3 Å². The Morgan fingerprint density at radius 2 is 1.92 bits per heavy atom. The number of rotatable bonds is 6. The number of carbonyl (C=O) groups is 2. The smallest absolute Gasteiger partial charge is 0.307 e. The topological polar surface area (TPSA) is 84.2 Å². The van der Waals surface area contributed by atoms with Crippen LogP contribution in [0.25, 0.3) is 0 Å². The molecule has 24 heavy (non-hydrogen) atoms. The van der Waals surface area contributed by atoms with Gasteiger partial charge >= 0.3 is 5.97 Å². The van der Waals surface area contributed by atoms with Gasteiger partial charge < -0.3 is 10.4 Å². The van der Waals surface area contributed by atoms with E-state index in [0.717, 1.165) is 5.69 Å². The Morgan fingerprint density at radius 3 is 2.58 bits per heavy atom. The van der Waals surface area contributed by atoms with Gasteiger partial charge in [-0.2, -0.15) is 5.10 Å². The quantitative estimate of drug-likeness (QED) is 0.836. The second-order valence-corrected chi connectivity index (χ2v) is 7.37. The van der Waals surface area contributed by atoms with Gasteiger partial charge in [-0.3, -0.25) is 14.3 Å². The third-order valence-electron chi connectivity index (χ3n) is 5.98. The number of aromatic nitrogens is 2. The van der Waals surface area contributed by atoms with Gasteiger partial charge in [-0.25, -0.2) is 0 Å². The minimum absolute atomic E-state index is 0.0559. The number of aliphatic carboxylic acids is 1. The number of hydrogen-bond donors (Lipinski definition) is 2. The lowest BCUT2D eigenvalue weighted by molar-refractivity contribution is -0.163. The first-order valence-corrected chi connectivity index (χ1v) is 9.03. The van der Waals surface area contributed by atoms with E-state index in [0.29, 0.717) is 19.0 Å². The highest BCUT2D eigenvalue weighted by Crippen LogP contribution is 2.45. The molecule has 1 aromatic rings. The Morgan fingerprint density at radius 1 is 1.25 bits per heavy atom. The van der Waals surface area contributed by atoms with Crippen LogP contribution in [0.2, 0.25) is 0 Å². The summed E-state index contributed by atoms with van der Waals surface area (Å²) < 4.78 is 2.06. The normalized spacial score (nSPS) is 30.1. The van der Waals surface area contributed by atoms with E-state index in [1.54, 1.807) is 0 Å². The minimum Gasteiger partial charge on any atom is -0.481 e. The molecule has 6 heteroatoms. The molecule has 2 aliphatic rings. The molecule has 0 aromatic carbocycles. The summed E-state index contributed by atoms with van der Waals surface area (Å²) in [4.78, 5) is 23.6. The van der Waals surface area contributed by atoms with Crippen molar-refractivity contribution in [2.75, 3.05) is 6.54 Å². The number of nitrogens with one attached hydrogen (secondary N) is 1. The van der Waals surface area contributed by atoms with E-state index in [-0.39, 0.29) is 17.7 Å². The minimum atomic E-state index is -0.865. The number of hydrogen-bond acceptors (Lipinski definition) is 3. The fourth-order valence-corrected chi connectivity index (χ4v) is 4.26. The first-order valence-electron chi connectivity index (χ1n) is 9.03. The molecule has 0 spiro atoms. The van der Waals surface area contributed by atoms with Crippen molar-refractivity contribution < 1.29 is 14.7 Å². The van der Waals surface area contributed by atoms with Gasteiger partial charge in [-0.15, -0.1) is 0 Å². The summed E-state index contributed by atoms with van der Waals surface area (Å²) in [5.41, 5.74) is 0.979. The van der Waals surface area contributed by atoms with Crippen molar-refractivity contribution in [2.45, 2.75) is 52.0 Å². The molecule has 0 aliphatic heterocycles. The highest BCUT2D eigenvalue weighted by Gasteiger charge is 2.52. The average molecular weight is 333 g/mol. The van der Waals surface area contributed by atoms with Crippen LogP contribution < -0.4 is 5.32 Å². The van der Waals surface area contributed by atoms with Crippen LogP contribution in [0.15, 0.2) is 12.3 Å². The Bertz CT molecular complexity index is 606. The second kappa shape index (κ2) is 6.95. The second-order valence-electron chi connectivity index (χ2n) is 7.37. The molecule has 6 nitrogen and oxygen atoms in total. The molecule has 2 aliphatic carbocycles. The number of carboxylic acids is 1. The first-order chi connectivity index (χ1) is 11.5. The molecular weight excluding hydrogens is 306 g/mol.